The van der Waals surface area contributed by atoms with Crippen LogP contribution in [0.1, 0.15) is 12.8 Å². The van der Waals surface area contributed by atoms with Crippen molar-refractivity contribution in [2.45, 2.75) is 12.8 Å². The minimum absolute atomic E-state index is 0.0204. The summed E-state index contributed by atoms with van der Waals surface area (Å²) in [5.41, 5.74) is 0. The van der Waals surface area contributed by atoms with Crippen LogP contribution in [0.15, 0.2) is 36.9 Å². The van der Waals surface area contributed by atoms with Crippen LogP contribution in [0.2, 0.25) is 0 Å². The van der Waals surface area contributed by atoms with Crippen molar-refractivity contribution in [2.24, 2.45) is 5.92 Å². The Kier molecular flexibility index (Phi) is 4.90. The molecule has 0 aliphatic carbocycles. The number of piperidine rings is 1. The summed E-state index contributed by atoms with van der Waals surface area (Å²) in [6.45, 7) is 4.59. The molecule has 0 spiro atoms. The number of anilines is 2. The van der Waals surface area contributed by atoms with E-state index in [4.69, 9.17) is 0 Å². The van der Waals surface area contributed by atoms with Gasteiger partial charge in [0.2, 0.25) is 17.8 Å². The zero-order valence-electron chi connectivity index (χ0n) is 14.7. The van der Waals surface area contributed by atoms with E-state index in [1.807, 2.05) is 17.0 Å². The molecule has 2 aliphatic rings. The lowest BCUT2D eigenvalue weighted by molar-refractivity contribution is -0.136. The molecule has 8 nitrogen and oxygen atoms in total. The number of rotatable bonds is 3. The van der Waals surface area contributed by atoms with Gasteiger partial charge >= 0.3 is 0 Å². The Labute approximate surface area is 152 Å². The molecular formula is C18H23N7O. The van der Waals surface area contributed by atoms with Crippen LogP contribution < -0.4 is 9.80 Å². The van der Waals surface area contributed by atoms with Crippen LogP contribution in [0.25, 0.3) is 0 Å². The fourth-order valence-electron chi connectivity index (χ4n) is 3.65. The smallest absolute Gasteiger partial charge is 0.227 e. The van der Waals surface area contributed by atoms with Crippen molar-refractivity contribution in [3.8, 4) is 0 Å². The number of piperazine rings is 1. The van der Waals surface area contributed by atoms with Gasteiger partial charge in [0.05, 0.1) is 5.92 Å². The van der Waals surface area contributed by atoms with Gasteiger partial charge in [0.1, 0.15) is 0 Å². The van der Waals surface area contributed by atoms with Gasteiger partial charge < -0.3 is 14.7 Å². The summed E-state index contributed by atoms with van der Waals surface area (Å²) in [7, 11) is 0. The first kappa shape index (κ1) is 16.7. The molecule has 4 heterocycles. The van der Waals surface area contributed by atoms with E-state index in [1.165, 1.54) is 0 Å². The van der Waals surface area contributed by atoms with Gasteiger partial charge in [0, 0.05) is 64.1 Å². The van der Waals surface area contributed by atoms with Gasteiger partial charge in [-0.25, -0.2) is 19.9 Å². The van der Waals surface area contributed by atoms with Gasteiger partial charge in [0.25, 0.3) is 0 Å². The Morgan fingerprint density at radius 2 is 1.38 bits per heavy atom. The monoisotopic (exact) mass is 353 g/mol. The van der Waals surface area contributed by atoms with E-state index in [0.717, 1.165) is 57.5 Å². The molecule has 2 aromatic rings. The summed E-state index contributed by atoms with van der Waals surface area (Å²) in [6, 6.07) is 3.63. The quantitative estimate of drug-likeness (QED) is 0.809. The Hall–Kier alpha value is -2.77. The Bertz CT molecular complexity index is 719. The van der Waals surface area contributed by atoms with Gasteiger partial charge in [-0.05, 0) is 25.0 Å². The van der Waals surface area contributed by atoms with E-state index >= 15 is 0 Å². The maximum atomic E-state index is 13.0. The molecule has 2 aliphatic heterocycles. The largest absolute Gasteiger partial charge is 0.340 e. The lowest BCUT2D eigenvalue weighted by Gasteiger charge is -2.39. The van der Waals surface area contributed by atoms with Crippen LogP contribution >= 0.6 is 0 Å². The minimum Gasteiger partial charge on any atom is -0.340 e. The SMILES string of the molecule is O=C(C1CCCN(c2ncccn2)C1)N1CCN(c2ncccn2)CC1. The molecule has 0 radical (unpaired) electrons. The summed E-state index contributed by atoms with van der Waals surface area (Å²) in [6.07, 6.45) is 8.93. The molecule has 4 rings (SSSR count). The third-order valence-electron chi connectivity index (χ3n) is 5.03. The van der Waals surface area contributed by atoms with Crippen molar-refractivity contribution < 1.29 is 4.79 Å². The highest BCUT2D eigenvalue weighted by Crippen LogP contribution is 2.22. The third-order valence-corrected chi connectivity index (χ3v) is 5.03. The fourth-order valence-corrected chi connectivity index (χ4v) is 3.65. The van der Waals surface area contributed by atoms with E-state index in [9.17, 15) is 4.79 Å². The molecular weight excluding hydrogens is 330 g/mol. The topological polar surface area (TPSA) is 78.4 Å². The predicted molar refractivity (Wildman–Crippen MR) is 97.8 cm³/mol. The molecule has 26 heavy (non-hydrogen) atoms. The van der Waals surface area contributed by atoms with Crippen LogP contribution in [-0.4, -0.2) is 70.0 Å². The molecule has 2 saturated heterocycles. The zero-order chi connectivity index (χ0) is 17.8. The summed E-state index contributed by atoms with van der Waals surface area (Å²) in [5.74, 6) is 1.73. The molecule has 2 fully saturated rings. The van der Waals surface area contributed by atoms with Crippen molar-refractivity contribution >= 4 is 17.8 Å². The van der Waals surface area contributed by atoms with Crippen molar-refractivity contribution in [1.29, 1.82) is 0 Å². The summed E-state index contributed by atoms with van der Waals surface area (Å²) in [4.78, 5) is 36.5. The second-order valence-electron chi connectivity index (χ2n) is 6.70. The fraction of sp³-hybridized carbons (Fsp3) is 0.500. The maximum Gasteiger partial charge on any atom is 0.227 e. The van der Waals surface area contributed by atoms with Crippen LogP contribution in [0.4, 0.5) is 11.9 Å². The second-order valence-corrected chi connectivity index (χ2v) is 6.70. The van der Waals surface area contributed by atoms with Crippen LogP contribution in [0.5, 0.6) is 0 Å². The number of amides is 1. The number of carbonyl (C=O) groups excluding carboxylic acids is 1. The standard InChI is InChI=1S/C18H23N7O/c26-16(15-4-1-9-25(14-15)18-21-7-3-8-22-18)23-10-12-24(13-11-23)17-19-5-2-6-20-17/h2-3,5-8,15H,1,4,9-14H2. The average molecular weight is 353 g/mol. The Balaban J connectivity index is 1.35. The molecule has 1 amide bonds. The first-order valence-electron chi connectivity index (χ1n) is 9.14. The normalized spacial score (nSPS) is 20.9. The van der Waals surface area contributed by atoms with Crippen LogP contribution in [0.3, 0.4) is 0 Å². The van der Waals surface area contributed by atoms with Crippen molar-refractivity contribution in [2.75, 3.05) is 49.1 Å². The molecule has 136 valence electrons. The van der Waals surface area contributed by atoms with Gasteiger partial charge in [-0.15, -0.1) is 0 Å². The Morgan fingerprint density at radius 1 is 0.808 bits per heavy atom. The van der Waals surface area contributed by atoms with Gasteiger partial charge in [0.15, 0.2) is 0 Å². The van der Waals surface area contributed by atoms with Gasteiger partial charge in [-0.1, -0.05) is 0 Å². The van der Waals surface area contributed by atoms with E-state index in [2.05, 4.69) is 29.7 Å². The number of hydrogen-bond acceptors (Lipinski definition) is 7. The minimum atomic E-state index is 0.0204. The first-order chi connectivity index (χ1) is 12.8. The van der Waals surface area contributed by atoms with E-state index in [0.29, 0.717) is 6.54 Å². The molecule has 8 heteroatoms. The molecule has 2 aromatic heterocycles. The van der Waals surface area contributed by atoms with E-state index in [-0.39, 0.29) is 11.8 Å². The Morgan fingerprint density at radius 3 is 2.00 bits per heavy atom. The first-order valence-corrected chi connectivity index (χ1v) is 9.14. The molecule has 0 bridgehead atoms. The highest BCUT2D eigenvalue weighted by molar-refractivity contribution is 5.80. The van der Waals surface area contributed by atoms with Crippen molar-refractivity contribution in [3.63, 3.8) is 0 Å². The molecule has 1 unspecified atom stereocenters. The van der Waals surface area contributed by atoms with E-state index < -0.39 is 0 Å². The van der Waals surface area contributed by atoms with Crippen LogP contribution in [-0.2, 0) is 4.79 Å². The highest BCUT2D eigenvalue weighted by Gasteiger charge is 2.32. The molecule has 0 saturated carbocycles. The lowest BCUT2D eigenvalue weighted by atomic mass is 9.96. The zero-order valence-corrected chi connectivity index (χ0v) is 14.7. The molecule has 0 aromatic carbocycles. The predicted octanol–water partition coefficient (Wildman–Crippen LogP) is 0.832. The van der Waals surface area contributed by atoms with Crippen molar-refractivity contribution in [1.82, 2.24) is 24.8 Å². The summed E-state index contributed by atoms with van der Waals surface area (Å²) < 4.78 is 0. The second kappa shape index (κ2) is 7.63. The molecule has 1 atom stereocenters. The average Bonchev–Trinajstić information content (AvgIpc) is 2.75. The molecule has 0 N–H and O–H groups in total. The summed E-state index contributed by atoms with van der Waals surface area (Å²) >= 11 is 0. The highest BCUT2D eigenvalue weighted by atomic mass is 16.2. The lowest BCUT2D eigenvalue weighted by Crippen LogP contribution is -2.53. The number of nitrogens with zero attached hydrogens (tertiary/aromatic N) is 7. The number of hydrogen-bond donors (Lipinski definition) is 0. The summed E-state index contributed by atoms with van der Waals surface area (Å²) in [5, 5.41) is 0. The van der Waals surface area contributed by atoms with E-state index in [1.54, 1.807) is 24.8 Å². The maximum absolute atomic E-state index is 13.0. The van der Waals surface area contributed by atoms with Gasteiger partial charge in [-0.3, -0.25) is 4.79 Å². The van der Waals surface area contributed by atoms with Crippen molar-refractivity contribution in [3.05, 3.63) is 36.9 Å². The van der Waals surface area contributed by atoms with Crippen LogP contribution in [0, 0.1) is 5.92 Å². The number of carbonyl (C=O) groups is 1. The van der Waals surface area contributed by atoms with Gasteiger partial charge in [-0.2, -0.15) is 0 Å². The third kappa shape index (κ3) is 3.58. The number of aromatic nitrogens is 4.